The van der Waals surface area contributed by atoms with Crippen LogP contribution in [0.5, 0.6) is 11.5 Å². The van der Waals surface area contributed by atoms with Crippen molar-refractivity contribution in [2.24, 2.45) is 0 Å². The van der Waals surface area contributed by atoms with E-state index in [1.165, 1.54) is 23.7 Å². The average Bonchev–Trinajstić information content (AvgIpc) is 3.08. The molecule has 0 spiro atoms. The third-order valence-corrected chi connectivity index (χ3v) is 5.54. The highest BCUT2D eigenvalue weighted by Crippen LogP contribution is 2.32. The van der Waals surface area contributed by atoms with E-state index in [0.29, 0.717) is 5.75 Å². The summed E-state index contributed by atoms with van der Waals surface area (Å²) in [7, 11) is -1.63. The number of methoxy groups -OCH3 is 1. The number of benzene rings is 2. The highest BCUT2D eigenvalue weighted by Gasteiger charge is 2.11. The van der Waals surface area contributed by atoms with Gasteiger partial charge in [0.15, 0.2) is 9.84 Å². The number of sulfone groups is 1. The molecular weight excluding hydrogens is 358 g/mol. The normalized spacial score (nSPS) is 11.3. The van der Waals surface area contributed by atoms with Crippen LogP contribution in [0.25, 0.3) is 10.6 Å². The van der Waals surface area contributed by atoms with Crippen molar-refractivity contribution in [3.63, 3.8) is 0 Å². The summed E-state index contributed by atoms with van der Waals surface area (Å²) in [5.74, 6) is 1.26. The number of para-hydroxylation sites is 1. The highest BCUT2D eigenvalue weighted by atomic mass is 32.2. The van der Waals surface area contributed by atoms with Crippen molar-refractivity contribution >= 4 is 21.2 Å². The Morgan fingerprint density at radius 2 is 1.92 bits per heavy atom. The number of hydrogen-bond donors (Lipinski definition) is 0. The largest absolute Gasteiger partial charge is 0.496 e. The van der Waals surface area contributed by atoms with Gasteiger partial charge in [0.2, 0.25) is 0 Å². The molecule has 7 heteroatoms. The van der Waals surface area contributed by atoms with E-state index in [1.807, 2.05) is 29.6 Å². The standard InChI is InChI=1S/C18H17NO4S2/c1-22-17-9-4-3-8-16(17)18-19-13(12-24-18)11-23-14-6-5-7-15(10-14)25(2,20)21/h3-10,12H,11H2,1-2H3. The summed E-state index contributed by atoms with van der Waals surface area (Å²) in [6, 6.07) is 14.1. The van der Waals surface area contributed by atoms with Gasteiger partial charge in [0.25, 0.3) is 0 Å². The molecule has 0 amide bonds. The van der Waals surface area contributed by atoms with E-state index in [-0.39, 0.29) is 11.5 Å². The van der Waals surface area contributed by atoms with E-state index in [0.717, 1.165) is 22.0 Å². The van der Waals surface area contributed by atoms with Crippen LogP contribution in [0.2, 0.25) is 0 Å². The lowest BCUT2D eigenvalue weighted by molar-refractivity contribution is 0.301. The maximum absolute atomic E-state index is 11.6. The van der Waals surface area contributed by atoms with Gasteiger partial charge in [0.1, 0.15) is 23.1 Å². The molecule has 0 bridgehead atoms. The Labute approximate surface area is 150 Å². The fraction of sp³-hybridized carbons (Fsp3) is 0.167. The van der Waals surface area contributed by atoms with Gasteiger partial charge in [-0.2, -0.15) is 0 Å². The molecule has 25 heavy (non-hydrogen) atoms. The smallest absolute Gasteiger partial charge is 0.175 e. The molecule has 0 aliphatic rings. The molecule has 1 aromatic heterocycles. The first-order valence-corrected chi connectivity index (χ1v) is 10.2. The number of ether oxygens (including phenoxy) is 2. The molecule has 0 radical (unpaired) electrons. The molecule has 130 valence electrons. The Kier molecular flexibility index (Phi) is 5.06. The number of hydrogen-bond acceptors (Lipinski definition) is 6. The zero-order chi connectivity index (χ0) is 17.9. The van der Waals surface area contributed by atoms with Gasteiger partial charge in [-0.15, -0.1) is 11.3 Å². The lowest BCUT2D eigenvalue weighted by Gasteiger charge is -2.06. The molecule has 0 saturated heterocycles. The Hall–Kier alpha value is -2.38. The van der Waals surface area contributed by atoms with Gasteiger partial charge in [0.05, 0.1) is 23.3 Å². The SMILES string of the molecule is COc1ccccc1-c1nc(COc2cccc(S(C)(=O)=O)c2)cs1. The van der Waals surface area contributed by atoms with E-state index >= 15 is 0 Å². The molecule has 3 aromatic rings. The van der Waals surface area contributed by atoms with Crippen molar-refractivity contribution in [3.05, 3.63) is 59.6 Å². The zero-order valence-electron chi connectivity index (χ0n) is 13.8. The predicted octanol–water partition coefficient (Wildman–Crippen LogP) is 3.80. The van der Waals surface area contributed by atoms with Crippen LogP contribution < -0.4 is 9.47 Å². The molecule has 0 unspecified atom stereocenters. The first-order chi connectivity index (χ1) is 12.0. The first kappa shape index (κ1) is 17.4. The van der Waals surface area contributed by atoms with Crippen LogP contribution in [0.15, 0.2) is 58.8 Å². The van der Waals surface area contributed by atoms with Gasteiger partial charge < -0.3 is 9.47 Å². The first-order valence-electron chi connectivity index (χ1n) is 7.48. The topological polar surface area (TPSA) is 65.5 Å². The molecule has 0 saturated carbocycles. The van der Waals surface area contributed by atoms with Crippen LogP contribution in [-0.4, -0.2) is 26.8 Å². The van der Waals surface area contributed by atoms with Crippen molar-refractivity contribution in [1.29, 1.82) is 0 Å². The Morgan fingerprint density at radius 1 is 1.12 bits per heavy atom. The van der Waals surface area contributed by atoms with Crippen LogP contribution in [0.3, 0.4) is 0 Å². The van der Waals surface area contributed by atoms with Crippen LogP contribution in [-0.2, 0) is 16.4 Å². The third-order valence-electron chi connectivity index (χ3n) is 3.51. The monoisotopic (exact) mass is 375 g/mol. The third kappa shape index (κ3) is 4.18. The highest BCUT2D eigenvalue weighted by molar-refractivity contribution is 7.90. The minimum Gasteiger partial charge on any atom is -0.496 e. The van der Waals surface area contributed by atoms with Gasteiger partial charge in [-0.25, -0.2) is 13.4 Å². The van der Waals surface area contributed by atoms with E-state index in [9.17, 15) is 8.42 Å². The lowest BCUT2D eigenvalue weighted by atomic mass is 10.2. The van der Waals surface area contributed by atoms with Gasteiger partial charge in [-0.05, 0) is 30.3 Å². The van der Waals surface area contributed by atoms with E-state index in [1.54, 1.807) is 25.3 Å². The summed E-state index contributed by atoms with van der Waals surface area (Å²) >= 11 is 1.51. The molecule has 0 fully saturated rings. The zero-order valence-corrected chi connectivity index (χ0v) is 15.4. The Balaban J connectivity index is 1.75. The Bertz CT molecular complexity index is 980. The van der Waals surface area contributed by atoms with Crippen molar-refractivity contribution in [1.82, 2.24) is 4.98 Å². The second-order valence-corrected chi connectivity index (χ2v) is 8.25. The second-order valence-electron chi connectivity index (χ2n) is 5.38. The molecule has 0 aliphatic carbocycles. The van der Waals surface area contributed by atoms with Crippen LogP contribution >= 0.6 is 11.3 Å². The summed E-state index contributed by atoms with van der Waals surface area (Å²) in [4.78, 5) is 4.80. The van der Waals surface area contributed by atoms with Crippen molar-refractivity contribution in [2.75, 3.05) is 13.4 Å². The molecule has 2 aromatic carbocycles. The number of rotatable bonds is 6. The average molecular weight is 375 g/mol. The maximum atomic E-state index is 11.6. The van der Waals surface area contributed by atoms with Gasteiger partial charge in [0, 0.05) is 11.6 Å². The summed E-state index contributed by atoms with van der Waals surface area (Å²) < 4.78 is 34.2. The van der Waals surface area contributed by atoms with Gasteiger partial charge in [-0.3, -0.25) is 0 Å². The summed E-state index contributed by atoms with van der Waals surface area (Å²) in [5, 5.41) is 2.77. The van der Waals surface area contributed by atoms with Crippen LogP contribution in [0.4, 0.5) is 0 Å². The van der Waals surface area contributed by atoms with E-state index < -0.39 is 9.84 Å². The van der Waals surface area contributed by atoms with E-state index in [4.69, 9.17) is 9.47 Å². The number of aromatic nitrogens is 1. The van der Waals surface area contributed by atoms with Gasteiger partial charge >= 0.3 is 0 Å². The molecule has 0 atom stereocenters. The molecule has 5 nitrogen and oxygen atoms in total. The summed E-state index contributed by atoms with van der Waals surface area (Å²) in [5.41, 5.74) is 1.70. The van der Waals surface area contributed by atoms with Gasteiger partial charge in [-0.1, -0.05) is 18.2 Å². The van der Waals surface area contributed by atoms with Crippen LogP contribution in [0, 0.1) is 0 Å². The fourth-order valence-corrected chi connectivity index (χ4v) is 3.76. The molecule has 0 N–H and O–H groups in total. The molecular formula is C18H17NO4S2. The second kappa shape index (κ2) is 7.25. The summed E-state index contributed by atoms with van der Waals surface area (Å²) in [6.07, 6.45) is 1.17. The molecule has 0 aliphatic heterocycles. The van der Waals surface area contributed by atoms with E-state index in [2.05, 4.69) is 4.98 Å². The molecule has 3 rings (SSSR count). The number of nitrogens with zero attached hydrogens (tertiary/aromatic N) is 1. The molecule has 1 heterocycles. The fourth-order valence-electron chi connectivity index (χ4n) is 2.27. The van der Waals surface area contributed by atoms with Crippen molar-refractivity contribution < 1.29 is 17.9 Å². The minimum absolute atomic E-state index is 0.234. The quantitative estimate of drug-likeness (QED) is 0.656. The van der Waals surface area contributed by atoms with Crippen LogP contribution in [0.1, 0.15) is 5.69 Å². The van der Waals surface area contributed by atoms with Crippen molar-refractivity contribution in [3.8, 4) is 22.1 Å². The summed E-state index contributed by atoms with van der Waals surface area (Å²) in [6.45, 7) is 0.263. The maximum Gasteiger partial charge on any atom is 0.175 e. The Morgan fingerprint density at radius 3 is 2.68 bits per heavy atom. The minimum atomic E-state index is -3.26. The number of thiazole rings is 1. The lowest BCUT2D eigenvalue weighted by Crippen LogP contribution is -1.99. The van der Waals surface area contributed by atoms with Crippen molar-refractivity contribution in [2.45, 2.75) is 11.5 Å². The predicted molar refractivity (Wildman–Crippen MR) is 98.0 cm³/mol.